The molecule has 1 amide bonds. The molecule has 3 rings (SSSR count). The fraction of sp³-hybridized carbons (Fsp3) is 0.333. The van der Waals surface area contributed by atoms with Gasteiger partial charge in [0, 0.05) is 4.88 Å². The number of fused-ring (bicyclic) bond motifs is 1. The lowest BCUT2D eigenvalue weighted by Gasteiger charge is -2.17. The Labute approximate surface area is 121 Å². The van der Waals surface area contributed by atoms with Gasteiger partial charge in [0.05, 0.1) is 11.8 Å². The molecule has 1 N–H and O–H groups in total. The van der Waals surface area contributed by atoms with Gasteiger partial charge in [-0.05, 0) is 42.9 Å². The van der Waals surface area contributed by atoms with E-state index in [1.54, 1.807) is 12.1 Å². The smallest absolute Gasteiger partial charge is 0.291 e. The van der Waals surface area contributed by atoms with Gasteiger partial charge in [0.15, 0.2) is 5.76 Å². The fourth-order valence-electron chi connectivity index (χ4n) is 2.54. The summed E-state index contributed by atoms with van der Waals surface area (Å²) in [4.78, 5) is 13.2. The molecule has 2 heterocycles. The molecule has 102 valence electrons. The maximum atomic E-state index is 12.0. The van der Waals surface area contributed by atoms with Gasteiger partial charge < -0.3 is 9.73 Å². The lowest BCUT2D eigenvalue weighted by atomic mass is 9.88. The van der Waals surface area contributed by atoms with Gasteiger partial charge in [-0.2, -0.15) is 5.26 Å². The number of carbonyl (C=O) groups is 1. The third-order valence-corrected chi connectivity index (χ3v) is 4.80. The molecule has 0 fully saturated rings. The molecule has 0 saturated carbocycles. The number of hydrogen-bond donors (Lipinski definition) is 1. The SMILES string of the molecule is CC1CCc2sc(NC(=O)c3ccco3)c(C#N)c2C1. The minimum absolute atomic E-state index is 0.258. The van der Waals surface area contributed by atoms with E-state index in [1.165, 1.54) is 22.5 Å². The van der Waals surface area contributed by atoms with Crippen LogP contribution in [0, 0.1) is 17.2 Å². The lowest BCUT2D eigenvalue weighted by Crippen LogP contribution is -2.11. The molecule has 0 aromatic carbocycles. The quantitative estimate of drug-likeness (QED) is 0.917. The summed E-state index contributed by atoms with van der Waals surface area (Å²) in [5.41, 5.74) is 1.74. The van der Waals surface area contributed by atoms with Crippen molar-refractivity contribution in [2.45, 2.75) is 26.2 Å². The number of amides is 1. The molecule has 2 aromatic rings. The van der Waals surface area contributed by atoms with Crippen LogP contribution in [0.4, 0.5) is 5.00 Å². The number of nitrogens with one attached hydrogen (secondary N) is 1. The summed E-state index contributed by atoms with van der Waals surface area (Å²) in [7, 11) is 0. The standard InChI is InChI=1S/C15H14N2O2S/c1-9-4-5-13-10(7-9)11(8-16)15(20-13)17-14(18)12-3-2-6-19-12/h2-3,6,9H,4-5,7H2,1H3,(H,17,18). The van der Waals surface area contributed by atoms with Crippen LogP contribution in [0.15, 0.2) is 22.8 Å². The van der Waals surface area contributed by atoms with Crippen LogP contribution in [-0.4, -0.2) is 5.91 Å². The highest BCUT2D eigenvalue weighted by atomic mass is 32.1. The molecule has 1 aliphatic carbocycles. The zero-order valence-corrected chi connectivity index (χ0v) is 11.9. The van der Waals surface area contributed by atoms with Gasteiger partial charge in [0.1, 0.15) is 11.1 Å². The predicted molar refractivity (Wildman–Crippen MR) is 76.9 cm³/mol. The molecule has 5 heteroatoms. The van der Waals surface area contributed by atoms with E-state index >= 15 is 0 Å². The van der Waals surface area contributed by atoms with Gasteiger partial charge in [0.25, 0.3) is 5.91 Å². The van der Waals surface area contributed by atoms with Crippen LogP contribution in [-0.2, 0) is 12.8 Å². The minimum Gasteiger partial charge on any atom is -0.459 e. The number of rotatable bonds is 2. The molecule has 0 saturated heterocycles. The van der Waals surface area contributed by atoms with Crippen LogP contribution in [0.5, 0.6) is 0 Å². The van der Waals surface area contributed by atoms with Crippen LogP contribution in [0.2, 0.25) is 0 Å². The summed E-state index contributed by atoms with van der Waals surface area (Å²) in [6.45, 7) is 2.20. The molecule has 4 nitrogen and oxygen atoms in total. The Morgan fingerprint density at radius 2 is 2.45 bits per heavy atom. The highest BCUT2D eigenvalue weighted by Crippen LogP contribution is 2.39. The van der Waals surface area contributed by atoms with E-state index in [-0.39, 0.29) is 11.7 Å². The van der Waals surface area contributed by atoms with Gasteiger partial charge in [0.2, 0.25) is 0 Å². The van der Waals surface area contributed by atoms with Crippen LogP contribution in [0.25, 0.3) is 0 Å². The van der Waals surface area contributed by atoms with E-state index in [0.717, 1.165) is 24.8 Å². The molecule has 1 unspecified atom stereocenters. The van der Waals surface area contributed by atoms with E-state index in [9.17, 15) is 10.1 Å². The minimum atomic E-state index is -0.307. The van der Waals surface area contributed by atoms with Gasteiger partial charge in [-0.3, -0.25) is 4.79 Å². The van der Waals surface area contributed by atoms with E-state index in [4.69, 9.17) is 4.42 Å². The first kappa shape index (κ1) is 12.9. The van der Waals surface area contributed by atoms with Crippen LogP contribution >= 0.6 is 11.3 Å². The van der Waals surface area contributed by atoms with Gasteiger partial charge >= 0.3 is 0 Å². The van der Waals surface area contributed by atoms with Crippen molar-refractivity contribution in [3.63, 3.8) is 0 Å². The molecule has 1 atom stereocenters. The average molecular weight is 286 g/mol. The van der Waals surface area contributed by atoms with E-state index in [0.29, 0.717) is 16.5 Å². The van der Waals surface area contributed by atoms with Crippen molar-refractivity contribution in [1.29, 1.82) is 5.26 Å². The van der Waals surface area contributed by atoms with E-state index in [1.807, 2.05) is 0 Å². The number of furan rings is 1. The summed E-state index contributed by atoms with van der Waals surface area (Å²) in [5.74, 6) is 0.546. The van der Waals surface area contributed by atoms with Crippen molar-refractivity contribution in [3.8, 4) is 6.07 Å². The Kier molecular flexibility index (Phi) is 3.33. The largest absolute Gasteiger partial charge is 0.459 e. The van der Waals surface area contributed by atoms with E-state index < -0.39 is 0 Å². The van der Waals surface area contributed by atoms with Gasteiger partial charge in [-0.1, -0.05) is 6.92 Å². The number of nitrogens with zero attached hydrogens (tertiary/aromatic N) is 1. The zero-order chi connectivity index (χ0) is 14.1. The van der Waals surface area contributed by atoms with E-state index in [2.05, 4.69) is 18.3 Å². The molecular weight excluding hydrogens is 272 g/mol. The molecular formula is C15H14N2O2S. The first-order chi connectivity index (χ1) is 9.69. The topological polar surface area (TPSA) is 66.0 Å². The highest BCUT2D eigenvalue weighted by molar-refractivity contribution is 7.16. The van der Waals surface area contributed by atoms with Crippen molar-refractivity contribution in [1.82, 2.24) is 0 Å². The summed E-state index contributed by atoms with van der Waals surface area (Å²) in [6, 6.07) is 5.52. The summed E-state index contributed by atoms with van der Waals surface area (Å²) in [5, 5.41) is 12.8. The van der Waals surface area contributed by atoms with Crippen molar-refractivity contribution in [3.05, 3.63) is 40.2 Å². The average Bonchev–Trinajstić information content (AvgIpc) is 3.05. The Balaban J connectivity index is 1.91. The normalized spacial score (nSPS) is 17.3. The number of anilines is 1. The number of thiophene rings is 1. The second-order valence-electron chi connectivity index (χ2n) is 5.10. The maximum absolute atomic E-state index is 12.0. The molecule has 2 aromatic heterocycles. The molecule has 1 aliphatic rings. The number of aryl methyl sites for hydroxylation is 1. The number of hydrogen-bond acceptors (Lipinski definition) is 4. The maximum Gasteiger partial charge on any atom is 0.291 e. The van der Waals surface area contributed by atoms with Crippen LogP contribution in [0.1, 0.15) is 39.9 Å². The molecule has 20 heavy (non-hydrogen) atoms. The Morgan fingerprint density at radius 3 is 3.15 bits per heavy atom. The Morgan fingerprint density at radius 1 is 1.60 bits per heavy atom. The van der Waals surface area contributed by atoms with Crippen molar-refractivity contribution in [2.75, 3.05) is 5.32 Å². The number of carbonyl (C=O) groups excluding carboxylic acids is 1. The van der Waals surface area contributed by atoms with Crippen molar-refractivity contribution < 1.29 is 9.21 Å². The molecule has 0 spiro atoms. The fourth-order valence-corrected chi connectivity index (χ4v) is 3.73. The zero-order valence-electron chi connectivity index (χ0n) is 11.1. The summed E-state index contributed by atoms with van der Waals surface area (Å²) >= 11 is 1.52. The third kappa shape index (κ3) is 2.23. The third-order valence-electron chi connectivity index (χ3n) is 3.59. The summed E-state index contributed by atoms with van der Waals surface area (Å²) in [6.07, 6.45) is 4.52. The van der Waals surface area contributed by atoms with Crippen LogP contribution < -0.4 is 5.32 Å². The Hall–Kier alpha value is -2.06. The second-order valence-corrected chi connectivity index (χ2v) is 6.20. The monoisotopic (exact) mass is 286 g/mol. The van der Waals surface area contributed by atoms with Crippen molar-refractivity contribution in [2.24, 2.45) is 5.92 Å². The first-order valence-electron chi connectivity index (χ1n) is 6.58. The molecule has 0 radical (unpaired) electrons. The second kappa shape index (κ2) is 5.14. The highest BCUT2D eigenvalue weighted by Gasteiger charge is 2.25. The summed E-state index contributed by atoms with van der Waals surface area (Å²) < 4.78 is 5.07. The van der Waals surface area contributed by atoms with Crippen LogP contribution in [0.3, 0.4) is 0 Å². The van der Waals surface area contributed by atoms with Gasteiger partial charge in [-0.25, -0.2) is 0 Å². The first-order valence-corrected chi connectivity index (χ1v) is 7.40. The number of nitriles is 1. The molecule has 0 aliphatic heterocycles. The predicted octanol–water partition coefficient (Wildman–Crippen LogP) is 3.59. The molecule has 0 bridgehead atoms. The Bertz CT molecular complexity index is 680. The lowest BCUT2D eigenvalue weighted by molar-refractivity contribution is 0.0997. The van der Waals surface area contributed by atoms with Crippen molar-refractivity contribution >= 4 is 22.2 Å². The van der Waals surface area contributed by atoms with Gasteiger partial charge in [-0.15, -0.1) is 11.3 Å².